The summed E-state index contributed by atoms with van der Waals surface area (Å²) in [6.07, 6.45) is 5.42. The topological polar surface area (TPSA) is 215 Å². The third-order valence-electron chi connectivity index (χ3n) is 6.96. The second kappa shape index (κ2) is 16.7. The Kier molecular flexibility index (Phi) is 13.0. The first-order valence-electron chi connectivity index (χ1n) is 15.0. The number of nitrogens with two attached hydrogens (primary N) is 1. The lowest BCUT2D eigenvalue weighted by Crippen LogP contribution is -2.41. The zero-order valence-electron chi connectivity index (χ0n) is 26.7. The molecule has 2 aliphatic heterocycles. The highest BCUT2D eigenvalue weighted by atomic mass is 32.2. The molecule has 0 spiro atoms. The maximum absolute atomic E-state index is 12.6. The van der Waals surface area contributed by atoms with Crippen molar-refractivity contribution in [2.75, 3.05) is 26.2 Å². The van der Waals surface area contributed by atoms with Crippen molar-refractivity contribution < 1.29 is 21.6 Å². The summed E-state index contributed by atoms with van der Waals surface area (Å²) in [6, 6.07) is 13.3. The summed E-state index contributed by atoms with van der Waals surface area (Å²) in [7, 11) is -7.73. The number of carbonyl (C=O) groups excluding carboxylic acids is 1. The molecule has 2 aliphatic rings. The van der Waals surface area contributed by atoms with E-state index in [0.29, 0.717) is 26.2 Å². The highest BCUT2D eigenvalue weighted by Crippen LogP contribution is 2.16. The fourth-order valence-corrected chi connectivity index (χ4v) is 6.41. The average Bonchev–Trinajstić information content (AvgIpc) is 3.75. The van der Waals surface area contributed by atoms with E-state index in [1.807, 2.05) is 26.8 Å². The lowest BCUT2D eigenvalue weighted by molar-refractivity contribution is 0.1000. The van der Waals surface area contributed by atoms with Crippen molar-refractivity contribution in [1.82, 2.24) is 19.5 Å². The number of benzene rings is 2. The van der Waals surface area contributed by atoms with E-state index >= 15 is 0 Å². The molecule has 0 fully saturated rings. The quantitative estimate of drug-likeness (QED) is 0.263. The third kappa shape index (κ3) is 10.1. The minimum atomic E-state index is -3.90. The van der Waals surface area contributed by atoms with Crippen LogP contribution in [0.15, 0.2) is 78.5 Å². The number of nitrogens with zero attached hydrogens (tertiary/aromatic N) is 7. The van der Waals surface area contributed by atoms with Crippen LogP contribution in [0.2, 0.25) is 0 Å². The van der Waals surface area contributed by atoms with Crippen LogP contribution in [-0.2, 0) is 20.0 Å². The summed E-state index contributed by atoms with van der Waals surface area (Å²) >= 11 is 0. The molecule has 0 aliphatic carbocycles. The summed E-state index contributed by atoms with van der Waals surface area (Å²) in [5, 5.41) is 20.4. The standard InChI is InChI=1S/C15H21N5O3S.C15H19N5O2S/c1-3-11-9-18-20(10-11)15(17-4-2)19-24(22,23)13-7-5-6-12(8-13)14(16)21;1-3-12-10-18-20(11-12)15(17-4-2)19-23(21,22)14-7-5-6-13(8-14)9-16/h5-9,11H,3-4,10H2,1-2H3,(H2,16,21)(H,17,19);5-8,10,12H,3-4,11H2,1-2H3,(H,17,19). The molecule has 15 nitrogen and oxygen atoms in total. The fraction of sp³-hybridized carbons (Fsp3) is 0.400. The van der Waals surface area contributed by atoms with E-state index in [0.717, 1.165) is 12.8 Å². The molecular formula is C30H40N10O5S2. The number of amides is 1. The van der Waals surface area contributed by atoms with Crippen molar-refractivity contribution in [3.63, 3.8) is 0 Å². The van der Waals surface area contributed by atoms with Gasteiger partial charge in [-0.2, -0.15) is 15.5 Å². The Hall–Kier alpha value is -4.82. The summed E-state index contributed by atoms with van der Waals surface area (Å²) in [5.41, 5.74) is 5.61. The van der Waals surface area contributed by atoms with Crippen LogP contribution in [0, 0.1) is 23.2 Å². The summed E-state index contributed by atoms with van der Waals surface area (Å²) in [4.78, 5) is 19.6. The van der Waals surface area contributed by atoms with Crippen molar-refractivity contribution in [3.05, 3.63) is 59.7 Å². The monoisotopic (exact) mass is 684 g/mol. The molecular weight excluding hydrogens is 645 g/mol. The molecule has 4 N–H and O–H groups in total. The van der Waals surface area contributed by atoms with Crippen LogP contribution in [-0.4, -0.2) is 83.3 Å². The predicted molar refractivity (Wildman–Crippen MR) is 181 cm³/mol. The first-order valence-corrected chi connectivity index (χ1v) is 18.0. The van der Waals surface area contributed by atoms with Gasteiger partial charge in [0.05, 0.1) is 34.5 Å². The molecule has 1 amide bonds. The van der Waals surface area contributed by atoms with E-state index < -0.39 is 26.0 Å². The predicted octanol–water partition coefficient (Wildman–Crippen LogP) is 2.31. The summed E-state index contributed by atoms with van der Waals surface area (Å²) < 4.78 is 55.1. The van der Waals surface area contributed by atoms with E-state index in [9.17, 15) is 21.6 Å². The number of hydrazone groups is 2. The zero-order valence-corrected chi connectivity index (χ0v) is 28.4. The van der Waals surface area contributed by atoms with Gasteiger partial charge >= 0.3 is 0 Å². The molecule has 2 aromatic carbocycles. The van der Waals surface area contributed by atoms with Crippen LogP contribution >= 0.6 is 0 Å². The van der Waals surface area contributed by atoms with Crippen molar-refractivity contribution in [2.45, 2.75) is 50.3 Å². The average molecular weight is 685 g/mol. The molecule has 47 heavy (non-hydrogen) atoms. The van der Waals surface area contributed by atoms with Gasteiger partial charge in [-0.3, -0.25) is 14.8 Å². The van der Waals surface area contributed by atoms with Gasteiger partial charge in [0, 0.05) is 42.9 Å². The van der Waals surface area contributed by atoms with Gasteiger partial charge in [0.2, 0.25) is 17.8 Å². The number of hydrogen-bond acceptors (Lipinski definition) is 10. The number of carbonyl (C=O) groups is 1. The highest BCUT2D eigenvalue weighted by molar-refractivity contribution is 7.90. The van der Waals surface area contributed by atoms with Crippen molar-refractivity contribution in [3.8, 4) is 6.07 Å². The minimum absolute atomic E-state index is 0.0237. The van der Waals surface area contributed by atoms with Gasteiger partial charge in [-0.1, -0.05) is 26.0 Å². The van der Waals surface area contributed by atoms with Gasteiger partial charge in [-0.25, -0.2) is 36.3 Å². The van der Waals surface area contributed by atoms with E-state index in [-0.39, 0.29) is 44.7 Å². The lowest BCUT2D eigenvalue weighted by atomic mass is 10.1. The number of primary amides is 1. The highest BCUT2D eigenvalue weighted by Gasteiger charge is 2.26. The van der Waals surface area contributed by atoms with Crippen LogP contribution in [0.1, 0.15) is 56.5 Å². The normalized spacial score (nSPS) is 18.0. The van der Waals surface area contributed by atoms with Gasteiger partial charge in [-0.05, 0) is 63.1 Å². The lowest BCUT2D eigenvalue weighted by Gasteiger charge is -2.19. The Morgan fingerprint density at radius 1 is 0.851 bits per heavy atom. The number of sulfonamides is 2. The number of nitriles is 1. The molecule has 17 heteroatoms. The van der Waals surface area contributed by atoms with E-state index in [1.54, 1.807) is 30.4 Å². The van der Waals surface area contributed by atoms with Gasteiger partial charge in [-0.15, -0.1) is 0 Å². The van der Waals surface area contributed by atoms with Gasteiger partial charge in [0.15, 0.2) is 0 Å². The van der Waals surface area contributed by atoms with Crippen LogP contribution < -0.4 is 15.2 Å². The van der Waals surface area contributed by atoms with Crippen molar-refractivity contribution >= 4 is 50.3 Å². The van der Waals surface area contributed by atoms with E-state index in [2.05, 4.69) is 29.6 Å². The molecule has 0 bridgehead atoms. The largest absolute Gasteiger partial charge is 0.366 e. The molecule has 2 heterocycles. The Morgan fingerprint density at radius 3 is 1.72 bits per heavy atom. The maximum Gasteiger partial charge on any atom is 0.264 e. The first-order chi connectivity index (χ1) is 22.4. The van der Waals surface area contributed by atoms with Gasteiger partial charge < -0.3 is 5.73 Å². The first kappa shape index (κ1) is 36.6. The third-order valence-corrected chi connectivity index (χ3v) is 9.61. The Bertz CT molecular complexity index is 1800. The summed E-state index contributed by atoms with van der Waals surface area (Å²) in [5.74, 6) is 0.207. The second-order valence-electron chi connectivity index (χ2n) is 10.4. The number of nitrogens with one attached hydrogen (secondary N) is 2. The second-order valence-corrected chi connectivity index (χ2v) is 13.7. The Labute approximate surface area is 276 Å². The molecule has 0 saturated carbocycles. The van der Waals surface area contributed by atoms with Crippen molar-refractivity contribution in [1.29, 1.82) is 5.26 Å². The minimum Gasteiger partial charge on any atom is -0.366 e. The zero-order chi connectivity index (χ0) is 34.6. The van der Waals surface area contributed by atoms with Crippen LogP contribution in [0.5, 0.6) is 0 Å². The Balaban J connectivity index is 0.000000256. The van der Waals surface area contributed by atoms with Crippen LogP contribution in [0.4, 0.5) is 0 Å². The molecule has 2 aromatic rings. The van der Waals surface area contributed by atoms with Gasteiger partial charge in [0.25, 0.3) is 20.0 Å². The molecule has 0 aromatic heterocycles. The molecule has 0 saturated heterocycles. The van der Waals surface area contributed by atoms with E-state index in [4.69, 9.17) is 11.0 Å². The summed E-state index contributed by atoms with van der Waals surface area (Å²) in [6.45, 7) is 9.71. The number of guanidine groups is 2. The number of aliphatic imine (C=N–C) groups is 2. The van der Waals surface area contributed by atoms with Crippen molar-refractivity contribution in [2.24, 2.45) is 37.8 Å². The molecule has 0 radical (unpaired) electrons. The number of hydrogen-bond donors (Lipinski definition) is 3. The van der Waals surface area contributed by atoms with Crippen LogP contribution in [0.25, 0.3) is 0 Å². The smallest absolute Gasteiger partial charge is 0.264 e. The molecule has 2 unspecified atom stereocenters. The maximum atomic E-state index is 12.6. The van der Waals surface area contributed by atoms with Crippen LogP contribution in [0.3, 0.4) is 0 Å². The van der Waals surface area contributed by atoms with Gasteiger partial charge in [0.1, 0.15) is 0 Å². The molecule has 2 atom stereocenters. The van der Waals surface area contributed by atoms with E-state index in [1.165, 1.54) is 47.5 Å². The molecule has 252 valence electrons. The molecule has 4 rings (SSSR count). The SMILES string of the molecule is CCN=C(NS(=O)(=O)c1cccc(C#N)c1)N1CC(CC)C=N1.CCN=C(NS(=O)(=O)c1cccc(C(N)=O)c1)N1CC(CC)C=N1. The number of rotatable bonds is 9. The fourth-order valence-electron chi connectivity index (χ4n) is 4.27. The Morgan fingerprint density at radius 2 is 1.32 bits per heavy atom.